The second-order valence-electron chi connectivity index (χ2n) is 8.31. The molecule has 0 saturated carbocycles. The third-order valence-electron chi connectivity index (χ3n) is 4.68. The van der Waals surface area contributed by atoms with Gasteiger partial charge in [0, 0.05) is 18.4 Å². The number of nitrogens with one attached hydrogen (secondary N) is 2. The van der Waals surface area contributed by atoms with Gasteiger partial charge in [0.05, 0.1) is 18.1 Å². The zero-order valence-corrected chi connectivity index (χ0v) is 17.9. The zero-order valence-electron chi connectivity index (χ0n) is 17.9. The summed E-state index contributed by atoms with van der Waals surface area (Å²) in [5, 5.41) is 18.4. The first-order valence-corrected chi connectivity index (χ1v) is 9.94. The van der Waals surface area contributed by atoms with Gasteiger partial charge in [0.15, 0.2) is 5.69 Å². The number of hydrogen-bond donors (Lipinski definition) is 3. The van der Waals surface area contributed by atoms with Crippen LogP contribution >= 0.6 is 0 Å². The molecule has 31 heavy (non-hydrogen) atoms. The molecule has 0 bridgehead atoms. The van der Waals surface area contributed by atoms with E-state index in [-0.39, 0.29) is 12.2 Å². The van der Waals surface area contributed by atoms with Crippen LogP contribution in [0.5, 0.6) is 0 Å². The Bertz CT molecular complexity index is 1020. The first kappa shape index (κ1) is 23.8. The fourth-order valence-corrected chi connectivity index (χ4v) is 3.11. The fourth-order valence-electron chi connectivity index (χ4n) is 3.11. The Labute approximate surface area is 179 Å². The lowest BCUT2D eigenvalue weighted by Crippen LogP contribution is -2.54. The van der Waals surface area contributed by atoms with Crippen molar-refractivity contribution in [1.29, 1.82) is 5.26 Å². The molecule has 1 aromatic carbocycles. The Hall–Kier alpha value is -3.48. The van der Waals surface area contributed by atoms with Crippen LogP contribution in [0, 0.1) is 22.6 Å². The number of benzene rings is 1. The van der Waals surface area contributed by atoms with Crippen LogP contribution < -0.4 is 16.4 Å². The van der Waals surface area contributed by atoms with E-state index in [0.29, 0.717) is 36.7 Å². The number of fused-ring (bicyclic) bond motifs is 1. The summed E-state index contributed by atoms with van der Waals surface area (Å²) in [5.74, 6) is -2.42. The highest BCUT2D eigenvalue weighted by atomic mass is 19.1. The molecule has 2 aromatic rings. The van der Waals surface area contributed by atoms with Crippen LogP contribution in [0.1, 0.15) is 50.5 Å². The summed E-state index contributed by atoms with van der Waals surface area (Å²) in [6.07, 6.45) is 1.75. The quantitative estimate of drug-likeness (QED) is 0.518. The van der Waals surface area contributed by atoms with Crippen molar-refractivity contribution in [2.45, 2.75) is 52.6 Å². The average Bonchev–Trinajstić information content (AvgIpc) is 3.04. The van der Waals surface area contributed by atoms with Crippen molar-refractivity contribution in [2.24, 2.45) is 11.1 Å². The van der Waals surface area contributed by atoms with Crippen molar-refractivity contribution in [1.82, 2.24) is 20.4 Å². The van der Waals surface area contributed by atoms with Crippen molar-refractivity contribution >= 4 is 28.6 Å². The molecular weight excluding hydrogens is 403 g/mol. The molecule has 0 unspecified atom stereocenters. The van der Waals surface area contributed by atoms with Gasteiger partial charge in [0.25, 0.3) is 5.91 Å². The molecule has 0 aliphatic carbocycles. The molecule has 2 rings (SSSR count). The minimum absolute atomic E-state index is 0.00765. The number of carbonyl (C=O) groups is 3. The maximum Gasteiger partial charge on any atom is 0.273 e. The molecule has 1 aromatic heterocycles. The number of aryl methyl sites for hydroxylation is 1. The summed E-state index contributed by atoms with van der Waals surface area (Å²) in [6.45, 7) is 5.37. The predicted molar refractivity (Wildman–Crippen MR) is 112 cm³/mol. The summed E-state index contributed by atoms with van der Waals surface area (Å²) in [5.41, 5.74) is 4.96. The number of halogens is 1. The molecular formula is C21H27FN6O3. The topological polar surface area (TPSA) is 143 Å². The van der Waals surface area contributed by atoms with Crippen molar-refractivity contribution in [3.63, 3.8) is 0 Å². The highest BCUT2D eigenvalue weighted by Gasteiger charge is 2.34. The molecule has 3 amide bonds. The van der Waals surface area contributed by atoms with E-state index in [1.54, 1.807) is 31.5 Å². The predicted octanol–water partition coefficient (Wildman–Crippen LogP) is 1.62. The lowest BCUT2D eigenvalue weighted by atomic mass is 9.86. The number of nitrogens with two attached hydrogens (primary N) is 1. The average molecular weight is 430 g/mol. The van der Waals surface area contributed by atoms with E-state index < -0.39 is 35.0 Å². The van der Waals surface area contributed by atoms with Crippen LogP contribution in [-0.2, 0) is 16.1 Å². The number of unbranched alkanes of at least 4 members (excludes halogenated alkanes) is 2. The summed E-state index contributed by atoms with van der Waals surface area (Å²) >= 11 is 0. The molecule has 0 saturated heterocycles. The fraction of sp³-hybridized carbons (Fsp3) is 0.476. The van der Waals surface area contributed by atoms with Crippen LogP contribution in [0.15, 0.2) is 18.2 Å². The maximum absolute atomic E-state index is 13.9. The van der Waals surface area contributed by atoms with Gasteiger partial charge < -0.3 is 16.4 Å². The summed E-state index contributed by atoms with van der Waals surface area (Å²) in [4.78, 5) is 36.6. The summed E-state index contributed by atoms with van der Waals surface area (Å²) in [6, 6.07) is 5.14. The minimum Gasteiger partial charge on any atom is -0.368 e. The molecule has 4 N–H and O–H groups in total. The van der Waals surface area contributed by atoms with Gasteiger partial charge in [0.2, 0.25) is 11.8 Å². The number of amides is 3. The van der Waals surface area contributed by atoms with Gasteiger partial charge in [-0.05, 0) is 36.5 Å². The highest BCUT2D eigenvalue weighted by molar-refractivity contribution is 6.06. The van der Waals surface area contributed by atoms with Crippen LogP contribution in [0.3, 0.4) is 0 Å². The van der Waals surface area contributed by atoms with Gasteiger partial charge >= 0.3 is 0 Å². The summed E-state index contributed by atoms with van der Waals surface area (Å²) in [7, 11) is 0. The third kappa shape index (κ3) is 6.25. The lowest BCUT2D eigenvalue weighted by Gasteiger charge is -2.30. The molecule has 1 heterocycles. The van der Waals surface area contributed by atoms with E-state index in [1.807, 2.05) is 0 Å². The molecule has 0 radical (unpaired) electrons. The Morgan fingerprint density at radius 2 is 2.00 bits per heavy atom. The lowest BCUT2D eigenvalue weighted by molar-refractivity contribution is -0.128. The molecule has 1 atom stereocenters. The van der Waals surface area contributed by atoms with Gasteiger partial charge in [0.1, 0.15) is 11.9 Å². The smallest absolute Gasteiger partial charge is 0.273 e. The van der Waals surface area contributed by atoms with E-state index >= 15 is 0 Å². The third-order valence-corrected chi connectivity index (χ3v) is 4.68. The number of aromatic nitrogens is 2. The van der Waals surface area contributed by atoms with Gasteiger partial charge in [-0.2, -0.15) is 10.4 Å². The highest BCUT2D eigenvalue weighted by Crippen LogP contribution is 2.23. The second kappa shape index (κ2) is 10.0. The van der Waals surface area contributed by atoms with Gasteiger partial charge in [-0.15, -0.1) is 0 Å². The van der Waals surface area contributed by atoms with Gasteiger partial charge in [-0.3, -0.25) is 19.1 Å². The number of hydrogen-bond acceptors (Lipinski definition) is 5. The van der Waals surface area contributed by atoms with Crippen LogP contribution in [0.2, 0.25) is 0 Å². The number of rotatable bonds is 9. The van der Waals surface area contributed by atoms with E-state index in [0.717, 1.165) is 0 Å². The Morgan fingerprint density at radius 3 is 2.61 bits per heavy atom. The van der Waals surface area contributed by atoms with E-state index in [2.05, 4.69) is 21.8 Å². The summed E-state index contributed by atoms with van der Waals surface area (Å²) < 4.78 is 15.5. The second-order valence-corrected chi connectivity index (χ2v) is 8.31. The Balaban J connectivity index is 2.32. The Kier molecular flexibility index (Phi) is 7.69. The first-order chi connectivity index (χ1) is 14.5. The number of primary amides is 1. The van der Waals surface area contributed by atoms with Crippen molar-refractivity contribution in [3.8, 4) is 6.07 Å². The maximum atomic E-state index is 13.9. The van der Waals surface area contributed by atoms with Crippen LogP contribution in [0.25, 0.3) is 10.9 Å². The van der Waals surface area contributed by atoms with Crippen LogP contribution in [-0.4, -0.2) is 40.1 Å². The van der Waals surface area contributed by atoms with Crippen LogP contribution in [0.4, 0.5) is 4.39 Å². The standard InChI is InChI=1S/C21H27FN6O3/c1-21(2,3)18(20(31)25-12-16(24)29)26-19(30)17-14-11-13(22)7-8-15(14)28(27-17)10-6-4-5-9-23/h7-8,11,18H,4-6,10,12H2,1-3H3,(H2,24,29)(H,25,31)(H,26,30)/t18-/m1/s1. The minimum atomic E-state index is -0.983. The normalized spacial score (nSPS) is 12.2. The van der Waals surface area contributed by atoms with E-state index in [9.17, 15) is 18.8 Å². The number of nitriles is 1. The number of nitrogens with zero attached hydrogens (tertiary/aromatic N) is 3. The van der Waals surface area contributed by atoms with Gasteiger partial charge in [-0.25, -0.2) is 4.39 Å². The molecule has 166 valence electrons. The van der Waals surface area contributed by atoms with E-state index in [1.165, 1.54) is 12.1 Å². The first-order valence-electron chi connectivity index (χ1n) is 9.94. The largest absolute Gasteiger partial charge is 0.368 e. The molecule has 0 aliphatic heterocycles. The zero-order chi connectivity index (χ0) is 23.2. The number of carbonyl (C=O) groups excluding carboxylic acids is 3. The molecule has 10 heteroatoms. The molecule has 0 spiro atoms. The Morgan fingerprint density at radius 1 is 1.29 bits per heavy atom. The van der Waals surface area contributed by atoms with Gasteiger partial charge in [-0.1, -0.05) is 20.8 Å². The molecule has 0 aliphatic rings. The van der Waals surface area contributed by atoms with Crippen molar-refractivity contribution < 1.29 is 18.8 Å². The molecule has 9 nitrogen and oxygen atoms in total. The molecule has 0 fully saturated rings. The van der Waals surface area contributed by atoms with Crippen molar-refractivity contribution in [3.05, 3.63) is 29.7 Å². The SMILES string of the molecule is CC(C)(C)[C@H](NC(=O)c1nn(CCCCC#N)c2ccc(F)cc12)C(=O)NCC(N)=O. The van der Waals surface area contributed by atoms with E-state index in [4.69, 9.17) is 11.0 Å². The van der Waals surface area contributed by atoms with Crippen molar-refractivity contribution in [2.75, 3.05) is 6.54 Å². The monoisotopic (exact) mass is 430 g/mol.